The number of aromatic nitrogens is 20. The van der Waals surface area contributed by atoms with E-state index in [2.05, 4.69) is 194 Å². The van der Waals surface area contributed by atoms with Gasteiger partial charge >= 0.3 is 0 Å². The third-order valence-corrected chi connectivity index (χ3v) is 35.9. The van der Waals surface area contributed by atoms with Crippen LogP contribution in [-0.4, -0.2) is 398 Å². The van der Waals surface area contributed by atoms with Gasteiger partial charge in [-0.15, -0.1) is 65.9 Å². The van der Waals surface area contributed by atoms with Crippen molar-refractivity contribution in [3.05, 3.63) is 80.9 Å². The first-order valence-electron chi connectivity index (χ1n) is 47.0. The Morgan fingerprint density at radius 2 is 0.500 bits per heavy atom. The molecule has 0 amide bonds. The first-order valence-corrected chi connectivity index (χ1v) is 67.5. The van der Waals surface area contributed by atoms with Gasteiger partial charge < -0.3 is 99.7 Å². The number of aliphatic hydroxyl groups is 10. The molecule has 780 valence electrons. The van der Waals surface area contributed by atoms with E-state index < -0.39 is 157 Å². The molecule has 5 aliphatic heterocycles. The van der Waals surface area contributed by atoms with Gasteiger partial charge in [0.1, 0.15) is 90.2 Å². The van der Waals surface area contributed by atoms with Crippen LogP contribution in [0.2, 0.25) is 0 Å². The highest BCUT2D eigenvalue weighted by Gasteiger charge is 2.51. The van der Waals surface area contributed by atoms with Crippen LogP contribution in [0.5, 0.6) is 0 Å². The molecule has 140 heavy (non-hydrogen) atoms. The van der Waals surface area contributed by atoms with Crippen LogP contribution in [0.4, 0.5) is 0 Å². The number of aliphatic hydroxyl groups excluding tert-OH is 10. The summed E-state index contributed by atoms with van der Waals surface area (Å²) in [7, 11) is 0. The zero-order valence-corrected chi connectivity index (χ0v) is 92.3. The Hall–Kier alpha value is -5.60. The molecule has 15 rings (SSSR count). The molecule has 10 aromatic heterocycles. The summed E-state index contributed by atoms with van der Waals surface area (Å²) in [5, 5.41) is 109. The van der Waals surface area contributed by atoms with E-state index in [4.69, 9.17) is 23.7 Å². The van der Waals surface area contributed by atoms with Crippen molar-refractivity contribution < 1.29 is 74.7 Å². The van der Waals surface area contributed by atoms with Gasteiger partial charge in [0, 0.05) is 17.3 Å². The summed E-state index contributed by atoms with van der Waals surface area (Å²) in [4.78, 5) is 119. The summed E-state index contributed by atoms with van der Waals surface area (Å²) in [5.74, 6) is 5.48. The standard InChI is InChI=1S/C20H33N4O4PS.C19H31N4O4PS.C18H29N4O4PS.C17H27N4O4PS.C16H25N4O4PS/c1-6-7-8-11-30-20-23-14-17(21-12(2)22-18(14)27)24(20)19-16(26)15(25)13(28-19)9-10-29(3,4)5;1-6-7-10-29-19-22-13-16(20-11(2)21-17(13)26)23(19)18-15(25)14(24)12(27-18)8-9-28(3,4)5;1-6-9-28-18-21-12-15(19-10(2)20-16(12)25)22(18)17-14(24)13(23)11(26-17)7-8-27(3,4)5;1-6-27-17-20-11-14(18-9(2)19-15(11)24)21(17)16-13(23)12(22)10(25-16)7-8-26(3,4)5;1-8-17-13-10(14(23)18-8)19-16(26-5)20(13)15-12(22)11(21)9(24-15)6-7-25(2,3)4/h13,15-16,19,25-26H,3,6-11H2,1-2,4-5H3,(H,21,22,27);12,14-15,18,24-25H,3,6-10H2,1-2,4-5H3,(H,20,21,26);11,13-14,17,23-24H,3,6-9H2,1-2,4-5H3,(H,19,20,25);10,12-13,16,22-23H,3,6-8H2,1-2,4-5H3,(H,18,19,24);9,11-12,15,21-22H,2,6-7H2,1,3-5H3,(H,17,18,23)/t13-,15-,16-,19?;12-,14-,15-,18?;11-,13-,14-,17?;10-,12-,13-,16?;9-,11-,12-,15?/m11111/s1. The highest BCUT2D eigenvalue weighted by atomic mass is 32.2. The number of H-pyrrole nitrogens is 5. The Bertz CT molecular complexity index is 6550. The minimum absolute atomic E-state index is 0.193. The minimum atomic E-state index is -1.28. The fourth-order valence-electron chi connectivity index (χ4n) is 16.5. The third kappa shape index (κ3) is 28.3. The van der Waals surface area contributed by atoms with Crippen molar-refractivity contribution in [3.63, 3.8) is 0 Å². The van der Waals surface area contributed by atoms with Crippen molar-refractivity contribution in [2.24, 2.45) is 0 Å². The number of imidazole rings is 5. The van der Waals surface area contributed by atoms with E-state index >= 15 is 0 Å². The van der Waals surface area contributed by atoms with Crippen LogP contribution >= 0.6 is 93.2 Å². The fraction of sp³-hybridized carbons (Fsp3) is 0.667. The van der Waals surface area contributed by atoms with E-state index in [9.17, 15) is 75.0 Å². The molecular formula is C90H145N20O20P5S5. The molecule has 5 saturated heterocycles. The lowest BCUT2D eigenvalue weighted by Crippen LogP contribution is -2.32. The molecule has 0 aromatic carbocycles. The molecule has 5 fully saturated rings. The maximum Gasteiger partial charge on any atom is 0.279 e. The van der Waals surface area contributed by atoms with Crippen molar-refractivity contribution in [1.29, 1.82) is 0 Å². The zero-order chi connectivity index (χ0) is 103. The highest BCUT2D eigenvalue weighted by Crippen LogP contribution is 2.48. The summed E-state index contributed by atoms with van der Waals surface area (Å²) in [5.41, 5.74) is 1.21. The highest BCUT2D eigenvalue weighted by molar-refractivity contribution is 8.00. The number of hydrogen-bond acceptors (Lipinski definition) is 35. The lowest BCUT2D eigenvalue weighted by molar-refractivity contribution is -0.0400. The summed E-state index contributed by atoms with van der Waals surface area (Å²) in [6.45, 7) is 31.7. The molecule has 50 heteroatoms. The molecule has 15 N–H and O–H groups in total. The fourth-order valence-corrected chi connectivity index (χ4v) is 25.6. The van der Waals surface area contributed by atoms with Gasteiger partial charge in [0.25, 0.3) is 27.8 Å². The Labute approximate surface area is 836 Å². The Balaban J connectivity index is 0.000000168. The number of thioether (sulfide) groups is 5. The predicted molar refractivity (Wildman–Crippen MR) is 576 cm³/mol. The number of fused-ring (bicyclic) bond motifs is 5. The number of nitrogens with zero attached hydrogens (tertiary/aromatic N) is 15. The lowest BCUT2D eigenvalue weighted by atomic mass is 10.1. The molecule has 10 aromatic rings. The number of ether oxygens (including phenoxy) is 5. The summed E-state index contributed by atoms with van der Waals surface area (Å²) in [6, 6.07) is 0. The van der Waals surface area contributed by atoms with Crippen molar-refractivity contribution in [2.75, 3.05) is 127 Å². The molecule has 15 heterocycles. The maximum absolute atomic E-state index is 12.4. The van der Waals surface area contributed by atoms with Crippen LogP contribution in [0.1, 0.15) is 159 Å². The van der Waals surface area contributed by atoms with E-state index in [1.807, 2.05) is 13.2 Å². The van der Waals surface area contributed by atoms with E-state index in [1.54, 1.807) is 57.5 Å². The normalized spacial score (nSPS) is 25.6. The monoisotopic (exact) mass is 2140 g/mol. The second-order valence-corrected chi connectivity index (χ2v) is 66.4. The van der Waals surface area contributed by atoms with Crippen LogP contribution in [0.15, 0.2) is 49.8 Å². The molecular weight excluding hydrogens is 2000 g/mol. The molecule has 5 aliphatic rings. The number of rotatable bonds is 35. The van der Waals surface area contributed by atoms with Gasteiger partial charge in [-0.2, -0.15) is 0 Å². The smallest absolute Gasteiger partial charge is 0.279 e. The van der Waals surface area contributed by atoms with Crippen molar-refractivity contribution in [2.45, 2.75) is 281 Å². The SMILES string of the molecule is C=P(C)(C)CC[C@H]1OC(n2c(SC)nc3c(=O)[nH]c(C)nc32)[C@H](O)[C@@H]1O.C=P(C)(C)CC[C@H]1OC(n2c(SCC)nc3c(=O)[nH]c(C)nc32)[C@H](O)[C@@H]1O.C=P(C)(C)CC[C@H]1OC(n2c(SCCC)nc3c(=O)[nH]c(C)nc32)[C@H](O)[C@@H]1O.C=P(C)(C)CC[C@H]1OC(n2c(SCCCC)nc3c(=O)[nH]c(C)nc32)[C@H](O)[C@@H]1O.C=P(C)(C)CC[C@H]1OC(n2c(SCCCCC)nc3c(=O)[nH]c(C)nc32)[C@H](O)[C@@H]1O. The second kappa shape index (κ2) is 48.6. The molecule has 5 unspecified atom stereocenters. The topological polar surface area (TPSA) is 566 Å². The van der Waals surface area contributed by atoms with Crippen molar-refractivity contribution in [1.82, 2.24) is 97.6 Å². The average Bonchev–Trinajstić information content (AvgIpc) is 1.62. The molecule has 20 atom stereocenters. The number of unbranched alkanes of at least 4 members (excludes halogenated alkanes) is 3. The van der Waals surface area contributed by atoms with Gasteiger partial charge in [-0.3, -0.25) is 46.8 Å². The minimum Gasteiger partial charge on any atom is -0.388 e. The van der Waals surface area contributed by atoms with Crippen LogP contribution in [-0.2, 0) is 23.7 Å². The van der Waals surface area contributed by atoms with Gasteiger partial charge in [0.2, 0.25) is 0 Å². The summed E-state index contributed by atoms with van der Waals surface area (Å²) < 4.78 is 38.7. The first kappa shape index (κ1) is 115. The summed E-state index contributed by atoms with van der Waals surface area (Å²) in [6.07, 6.45) is 19.0. The number of aryl methyl sites for hydroxylation is 5. The maximum atomic E-state index is 12.4. The lowest BCUT2D eigenvalue weighted by Gasteiger charge is -2.20. The quantitative estimate of drug-likeness (QED) is 0.0101. The molecule has 0 bridgehead atoms. The Morgan fingerprint density at radius 3 is 0.707 bits per heavy atom. The van der Waals surface area contributed by atoms with Crippen LogP contribution < -0.4 is 27.8 Å². The zero-order valence-electron chi connectivity index (χ0n) is 83.8. The van der Waals surface area contributed by atoms with Gasteiger partial charge in [-0.05, 0) is 195 Å². The molecule has 0 aliphatic carbocycles. The molecule has 0 saturated carbocycles. The van der Waals surface area contributed by atoms with Gasteiger partial charge in [-0.25, -0.2) is 49.8 Å². The van der Waals surface area contributed by atoms with E-state index in [1.165, 1.54) is 58.8 Å². The first-order chi connectivity index (χ1) is 65.6. The van der Waals surface area contributed by atoms with Crippen molar-refractivity contribution >= 4 is 181 Å². The van der Waals surface area contributed by atoms with Gasteiger partial charge in [-0.1, -0.05) is 106 Å². The number of aromatic amines is 5. The van der Waals surface area contributed by atoms with E-state index in [0.717, 1.165) is 92.3 Å². The predicted octanol–water partition coefficient (Wildman–Crippen LogP) is 8.24. The number of hydrogen-bond donors (Lipinski definition) is 15. The summed E-state index contributed by atoms with van der Waals surface area (Å²) >= 11 is 7.26. The molecule has 40 nitrogen and oxygen atoms in total. The van der Waals surface area contributed by atoms with Crippen LogP contribution in [0.25, 0.3) is 55.8 Å². The van der Waals surface area contributed by atoms with Crippen LogP contribution in [0, 0.1) is 34.6 Å². The third-order valence-electron chi connectivity index (χ3n) is 23.8. The van der Waals surface area contributed by atoms with Crippen LogP contribution in [0.3, 0.4) is 0 Å². The Morgan fingerprint density at radius 1 is 0.293 bits per heavy atom. The van der Waals surface area contributed by atoms with Gasteiger partial charge in [0.15, 0.2) is 113 Å². The van der Waals surface area contributed by atoms with Crippen molar-refractivity contribution in [3.8, 4) is 0 Å². The Kier molecular flexibility index (Phi) is 39.8. The second-order valence-electron chi connectivity index (χ2n) is 39.7. The molecule has 0 spiro atoms. The van der Waals surface area contributed by atoms with E-state index in [0.29, 0.717) is 115 Å². The largest absolute Gasteiger partial charge is 0.388 e. The molecule has 0 radical (unpaired) electrons. The average molecular weight is 2140 g/mol. The van der Waals surface area contributed by atoms with E-state index in [-0.39, 0.29) is 55.4 Å². The van der Waals surface area contributed by atoms with Gasteiger partial charge in [0.05, 0.1) is 30.5 Å². The number of nitrogens with one attached hydrogen (secondary N) is 5.